The first-order chi connectivity index (χ1) is 14.8. The lowest BCUT2D eigenvalue weighted by atomic mass is 9.91. The second kappa shape index (κ2) is 8.32. The number of nitrogens with zero attached hydrogens (tertiary/aromatic N) is 3. The van der Waals surface area contributed by atoms with Crippen molar-refractivity contribution in [1.29, 1.82) is 5.41 Å². The number of halogens is 1. The Morgan fingerprint density at radius 3 is 2.68 bits per heavy atom. The van der Waals surface area contributed by atoms with Gasteiger partial charge in [0.2, 0.25) is 0 Å². The molecule has 1 aliphatic carbocycles. The van der Waals surface area contributed by atoms with Gasteiger partial charge in [-0.1, -0.05) is 11.6 Å². The van der Waals surface area contributed by atoms with E-state index in [0.717, 1.165) is 24.2 Å². The van der Waals surface area contributed by atoms with Crippen LogP contribution in [0.3, 0.4) is 0 Å². The van der Waals surface area contributed by atoms with E-state index >= 15 is 0 Å². The fraction of sp³-hybridized carbons (Fsp3) is 0.348. The number of piperazine rings is 1. The molecule has 31 heavy (non-hydrogen) atoms. The van der Waals surface area contributed by atoms with Gasteiger partial charge < -0.3 is 20.6 Å². The molecule has 1 fully saturated rings. The predicted molar refractivity (Wildman–Crippen MR) is 127 cm³/mol. The van der Waals surface area contributed by atoms with E-state index in [1.807, 2.05) is 12.1 Å². The fourth-order valence-corrected chi connectivity index (χ4v) is 4.54. The van der Waals surface area contributed by atoms with Crippen molar-refractivity contribution in [3.05, 3.63) is 58.2 Å². The van der Waals surface area contributed by atoms with Crippen molar-refractivity contribution in [3.63, 3.8) is 0 Å². The highest BCUT2D eigenvalue weighted by Gasteiger charge is 2.25. The Bertz CT molecular complexity index is 1140. The Morgan fingerprint density at radius 1 is 1.29 bits per heavy atom. The highest BCUT2D eigenvalue weighted by Crippen LogP contribution is 2.35. The highest BCUT2D eigenvalue weighted by molar-refractivity contribution is 6.37. The number of anilines is 1. The lowest BCUT2D eigenvalue weighted by molar-refractivity contribution is 0.407. The second-order valence-corrected chi connectivity index (χ2v) is 8.57. The van der Waals surface area contributed by atoms with Crippen molar-refractivity contribution in [3.8, 4) is 0 Å². The minimum atomic E-state index is 0.0524. The first kappa shape index (κ1) is 21.3. The van der Waals surface area contributed by atoms with Crippen molar-refractivity contribution in [2.75, 3.05) is 25.0 Å². The summed E-state index contributed by atoms with van der Waals surface area (Å²) in [6, 6.07) is 4.47. The van der Waals surface area contributed by atoms with Gasteiger partial charge in [0.05, 0.1) is 28.3 Å². The molecule has 8 heteroatoms. The van der Waals surface area contributed by atoms with E-state index < -0.39 is 0 Å². The molecule has 0 radical (unpaired) electrons. The number of hydrogen-bond donors (Lipinski definition) is 4. The highest BCUT2D eigenvalue weighted by atomic mass is 35.5. The SMILES string of the molecule is CN/C=C1/C=C(c2ccc3c(Cl)c(N4CC(C)NC(C)C4)cnc3n2)C(O)=C(C)C1=N. The number of fused-ring (bicyclic) bond motifs is 1. The van der Waals surface area contributed by atoms with E-state index in [9.17, 15) is 5.11 Å². The van der Waals surface area contributed by atoms with Crippen LogP contribution in [0.4, 0.5) is 5.69 Å². The molecule has 2 aromatic heterocycles. The molecule has 1 saturated heterocycles. The maximum atomic E-state index is 10.7. The third kappa shape index (κ3) is 3.91. The van der Waals surface area contributed by atoms with Crippen LogP contribution >= 0.6 is 11.6 Å². The lowest BCUT2D eigenvalue weighted by Gasteiger charge is -2.37. The molecular formula is C23H27ClN6O. The summed E-state index contributed by atoms with van der Waals surface area (Å²) in [5.41, 5.74) is 4.03. The smallest absolute Gasteiger partial charge is 0.161 e. The summed E-state index contributed by atoms with van der Waals surface area (Å²) < 4.78 is 0. The third-order valence-electron chi connectivity index (χ3n) is 5.69. The van der Waals surface area contributed by atoms with Crippen molar-refractivity contribution < 1.29 is 5.11 Å². The van der Waals surface area contributed by atoms with E-state index in [1.54, 1.807) is 32.4 Å². The summed E-state index contributed by atoms with van der Waals surface area (Å²) in [7, 11) is 1.78. The van der Waals surface area contributed by atoms with Crippen LogP contribution in [0.1, 0.15) is 26.5 Å². The molecule has 162 valence electrons. The molecule has 2 atom stereocenters. The Hall–Kier alpha value is -2.90. The summed E-state index contributed by atoms with van der Waals surface area (Å²) in [6.07, 6.45) is 5.27. The zero-order chi connectivity index (χ0) is 22.3. The van der Waals surface area contributed by atoms with E-state index in [4.69, 9.17) is 17.0 Å². The molecule has 2 unspecified atom stereocenters. The molecule has 0 amide bonds. The van der Waals surface area contributed by atoms with E-state index in [0.29, 0.717) is 45.2 Å². The van der Waals surface area contributed by atoms with Crippen LogP contribution in [-0.2, 0) is 0 Å². The Kier molecular flexibility index (Phi) is 5.73. The summed E-state index contributed by atoms with van der Waals surface area (Å²) >= 11 is 6.78. The summed E-state index contributed by atoms with van der Waals surface area (Å²) in [5, 5.41) is 26.8. The van der Waals surface area contributed by atoms with Gasteiger partial charge in [-0.2, -0.15) is 0 Å². The number of nitrogens with one attached hydrogen (secondary N) is 3. The van der Waals surface area contributed by atoms with Crippen LogP contribution in [-0.4, -0.2) is 53.0 Å². The Balaban J connectivity index is 1.75. The van der Waals surface area contributed by atoms with E-state index in [-0.39, 0.29) is 11.5 Å². The molecule has 4 N–H and O–H groups in total. The van der Waals surface area contributed by atoms with Gasteiger partial charge in [-0.25, -0.2) is 9.97 Å². The van der Waals surface area contributed by atoms with Gasteiger partial charge in [-0.15, -0.1) is 0 Å². The van der Waals surface area contributed by atoms with Gasteiger partial charge in [0, 0.05) is 60.5 Å². The number of allylic oxidation sites excluding steroid dienone is 4. The molecule has 4 rings (SSSR count). The van der Waals surface area contributed by atoms with Crippen molar-refractivity contribution >= 4 is 39.6 Å². The second-order valence-electron chi connectivity index (χ2n) is 8.19. The largest absolute Gasteiger partial charge is 0.507 e. The standard InChI is InChI=1S/C23H27ClN6O/c1-12-10-30(11-13(2)28-12)19-9-27-23-16(20(19)24)5-6-18(29-23)17-7-15(8-26-4)21(25)14(3)22(17)31/h5-9,12-13,25-26,28,31H,10-11H2,1-4H3/b15-8-,25-21?. The minimum Gasteiger partial charge on any atom is -0.507 e. The topological polar surface area (TPSA) is 97.2 Å². The molecule has 0 spiro atoms. The number of aliphatic hydroxyl groups is 1. The lowest BCUT2D eigenvalue weighted by Crippen LogP contribution is -2.54. The minimum absolute atomic E-state index is 0.0524. The molecule has 7 nitrogen and oxygen atoms in total. The molecular weight excluding hydrogens is 412 g/mol. The molecule has 1 aliphatic heterocycles. The van der Waals surface area contributed by atoms with Crippen LogP contribution in [0.25, 0.3) is 16.6 Å². The molecule has 3 heterocycles. The number of pyridine rings is 2. The Morgan fingerprint density at radius 2 is 2.00 bits per heavy atom. The Labute approximate surface area is 187 Å². The van der Waals surface area contributed by atoms with Crippen molar-refractivity contribution in [2.24, 2.45) is 0 Å². The number of hydrogen-bond acceptors (Lipinski definition) is 7. The van der Waals surface area contributed by atoms with Crippen LogP contribution in [0.5, 0.6) is 0 Å². The monoisotopic (exact) mass is 438 g/mol. The quantitative estimate of drug-likeness (QED) is 0.581. The zero-order valence-electron chi connectivity index (χ0n) is 18.1. The van der Waals surface area contributed by atoms with Gasteiger partial charge in [0.25, 0.3) is 0 Å². The molecule has 2 aromatic rings. The average molecular weight is 439 g/mol. The van der Waals surface area contributed by atoms with Gasteiger partial charge in [0.1, 0.15) is 5.76 Å². The first-order valence-electron chi connectivity index (χ1n) is 10.4. The fourth-order valence-electron chi connectivity index (χ4n) is 4.23. The molecule has 2 aliphatic rings. The predicted octanol–water partition coefficient (Wildman–Crippen LogP) is 3.82. The first-order valence-corrected chi connectivity index (χ1v) is 10.7. The van der Waals surface area contributed by atoms with Crippen molar-refractivity contribution in [1.82, 2.24) is 20.6 Å². The number of aliphatic hydroxyl groups excluding tert-OH is 1. The summed E-state index contributed by atoms with van der Waals surface area (Å²) in [4.78, 5) is 11.5. The number of aromatic nitrogens is 2. The van der Waals surface area contributed by atoms with Gasteiger partial charge in [0.15, 0.2) is 5.65 Å². The summed E-state index contributed by atoms with van der Waals surface area (Å²) in [5.74, 6) is 0.0524. The maximum Gasteiger partial charge on any atom is 0.161 e. The molecule has 0 saturated carbocycles. The molecule has 0 bridgehead atoms. The van der Waals surface area contributed by atoms with E-state index in [2.05, 4.69) is 39.3 Å². The van der Waals surface area contributed by atoms with Crippen LogP contribution in [0.2, 0.25) is 5.02 Å². The average Bonchev–Trinajstić information content (AvgIpc) is 2.73. The van der Waals surface area contributed by atoms with Gasteiger partial charge in [-0.3, -0.25) is 5.41 Å². The molecule has 0 aromatic carbocycles. The van der Waals surface area contributed by atoms with E-state index in [1.165, 1.54) is 0 Å². The number of rotatable bonds is 3. The normalized spacial score (nSPS) is 23.5. The van der Waals surface area contributed by atoms with Crippen LogP contribution < -0.4 is 15.5 Å². The van der Waals surface area contributed by atoms with Gasteiger partial charge in [-0.05, 0) is 39.0 Å². The maximum absolute atomic E-state index is 10.7. The van der Waals surface area contributed by atoms with Crippen LogP contribution in [0, 0.1) is 5.41 Å². The third-order valence-corrected chi connectivity index (χ3v) is 6.09. The van der Waals surface area contributed by atoms with Gasteiger partial charge >= 0.3 is 0 Å². The van der Waals surface area contributed by atoms with Crippen molar-refractivity contribution in [2.45, 2.75) is 32.9 Å². The summed E-state index contributed by atoms with van der Waals surface area (Å²) in [6.45, 7) is 7.77. The zero-order valence-corrected chi connectivity index (χ0v) is 18.9. The van der Waals surface area contributed by atoms with Crippen LogP contribution in [0.15, 0.2) is 47.5 Å².